The molecule has 0 aliphatic carbocycles. The molecule has 1 aromatic carbocycles. The van der Waals surface area contributed by atoms with E-state index in [1.165, 1.54) is 0 Å². The van der Waals surface area contributed by atoms with E-state index in [0.717, 1.165) is 22.2 Å². The predicted octanol–water partition coefficient (Wildman–Crippen LogP) is 2.19. The number of amides is 1. The molecule has 156 valence electrons. The molecular weight excluding hydrogens is 378 g/mol. The molecule has 1 aliphatic rings. The summed E-state index contributed by atoms with van der Waals surface area (Å²) in [6.45, 7) is 2.16. The minimum atomic E-state index is -0.904. The number of hydrogen-bond donors (Lipinski definition) is 2. The Kier molecular flexibility index (Phi) is 5.65. The minimum absolute atomic E-state index is 0.0966. The summed E-state index contributed by atoms with van der Waals surface area (Å²) in [5.74, 6) is -0.0966. The van der Waals surface area contributed by atoms with Gasteiger partial charge in [-0.15, -0.1) is 0 Å². The third-order valence-corrected chi connectivity index (χ3v) is 5.87. The monoisotopic (exact) mass is 405 g/mol. The summed E-state index contributed by atoms with van der Waals surface area (Å²) in [7, 11) is 1.74. The fourth-order valence-electron chi connectivity index (χ4n) is 4.09. The number of fused-ring (bicyclic) bond motifs is 1. The van der Waals surface area contributed by atoms with Crippen LogP contribution >= 0.6 is 0 Å². The van der Waals surface area contributed by atoms with Gasteiger partial charge < -0.3 is 20.6 Å². The summed E-state index contributed by atoms with van der Waals surface area (Å²) in [6, 6.07) is 11.2. The standard InChI is InChI=1S/C23H27N5O2/c1-27(22(29)18-4-2-17(14-24)3-5-18)16-23(30)8-12-28(13-9-23)21-7-11-26-20-6-10-25-15-19(20)21/h2-7,10-11,15,30H,8-9,12-14,16,24H2,1H3. The molecule has 3 heterocycles. The zero-order valence-electron chi connectivity index (χ0n) is 17.2. The number of nitrogens with two attached hydrogens (primary N) is 1. The van der Waals surface area contributed by atoms with Crippen molar-refractivity contribution in [3.63, 3.8) is 0 Å². The van der Waals surface area contributed by atoms with Crippen LogP contribution in [0.2, 0.25) is 0 Å². The lowest BCUT2D eigenvalue weighted by molar-refractivity contribution is -0.00799. The second kappa shape index (κ2) is 8.38. The van der Waals surface area contributed by atoms with E-state index in [1.54, 1.807) is 36.5 Å². The number of carbonyl (C=O) groups is 1. The SMILES string of the molecule is CN(CC1(O)CCN(c2ccnc3ccncc23)CC1)C(=O)c1ccc(CN)cc1. The molecule has 7 heteroatoms. The zero-order valence-corrected chi connectivity index (χ0v) is 17.2. The molecule has 1 amide bonds. The van der Waals surface area contributed by atoms with Crippen molar-refractivity contribution in [1.29, 1.82) is 0 Å². The van der Waals surface area contributed by atoms with Crippen LogP contribution in [-0.4, -0.2) is 58.2 Å². The molecule has 2 aromatic heterocycles. The van der Waals surface area contributed by atoms with Crippen LogP contribution in [-0.2, 0) is 6.54 Å². The predicted molar refractivity (Wildman–Crippen MR) is 117 cm³/mol. The van der Waals surface area contributed by atoms with Crippen molar-refractivity contribution in [2.24, 2.45) is 5.73 Å². The van der Waals surface area contributed by atoms with E-state index in [-0.39, 0.29) is 5.91 Å². The van der Waals surface area contributed by atoms with Gasteiger partial charge in [-0.05, 0) is 42.7 Å². The number of piperidine rings is 1. The first-order chi connectivity index (χ1) is 14.5. The number of carbonyl (C=O) groups excluding carboxylic acids is 1. The molecule has 0 radical (unpaired) electrons. The number of anilines is 1. The van der Waals surface area contributed by atoms with Gasteiger partial charge in [0.15, 0.2) is 0 Å². The van der Waals surface area contributed by atoms with Crippen LogP contribution in [0.15, 0.2) is 55.0 Å². The summed E-state index contributed by atoms with van der Waals surface area (Å²) in [5.41, 5.74) is 8.30. The summed E-state index contributed by atoms with van der Waals surface area (Å²) in [4.78, 5) is 25.2. The molecule has 1 saturated heterocycles. The highest BCUT2D eigenvalue weighted by molar-refractivity contribution is 5.94. The average molecular weight is 406 g/mol. The molecule has 0 spiro atoms. The Hall–Kier alpha value is -3.03. The van der Waals surface area contributed by atoms with Gasteiger partial charge in [0.25, 0.3) is 5.91 Å². The van der Waals surface area contributed by atoms with E-state index in [4.69, 9.17) is 5.73 Å². The van der Waals surface area contributed by atoms with E-state index in [2.05, 4.69) is 14.9 Å². The van der Waals surface area contributed by atoms with E-state index in [0.29, 0.717) is 44.6 Å². The molecule has 3 aromatic rings. The number of benzene rings is 1. The van der Waals surface area contributed by atoms with Crippen LogP contribution in [0, 0.1) is 0 Å². The molecule has 0 saturated carbocycles. The van der Waals surface area contributed by atoms with Crippen molar-refractivity contribution < 1.29 is 9.90 Å². The van der Waals surface area contributed by atoms with Gasteiger partial charge in [0, 0.05) is 68.5 Å². The Morgan fingerprint density at radius 1 is 1.17 bits per heavy atom. The molecule has 0 bridgehead atoms. The highest BCUT2D eigenvalue weighted by Gasteiger charge is 2.35. The van der Waals surface area contributed by atoms with Gasteiger partial charge in [-0.2, -0.15) is 0 Å². The highest BCUT2D eigenvalue weighted by atomic mass is 16.3. The Morgan fingerprint density at radius 3 is 2.60 bits per heavy atom. The summed E-state index contributed by atoms with van der Waals surface area (Å²) in [6.07, 6.45) is 6.55. The second-order valence-corrected chi connectivity index (χ2v) is 8.00. The molecule has 1 aliphatic heterocycles. The number of aliphatic hydroxyl groups is 1. The molecule has 1 fully saturated rings. The highest BCUT2D eigenvalue weighted by Crippen LogP contribution is 2.31. The lowest BCUT2D eigenvalue weighted by Crippen LogP contribution is -2.51. The van der Waals surface area contributed by atoms with E-state index < -0.39 is 5.60 Å². The first-order valence-electron chi connectivity index (χ1n) is 10.2. The second-order valence-electron chi connectivity index (χ2n) is 8.00. The number of rotatable bonds is 5. The number of pyridine rings is 2. The first kappa shape index (κ1) is 20.3. The molecule has 0 atom stereocenters. The number of aromatic nitrogens is 2. The van der Waals surface area contributed by atoms with Gasteiger partial charge in [0.2, 0.25) is 0 Å². The van der Waals surface area contributed by atoms with Crippen molar-refractivity contribution in [1.82, 2.24) is 14.9 Å². The largest absolute Gasteiger partial charge is 0.388 e. The van der Waals surface area contributed by atoms with Crippen molar-refractivity contribution in [2.45, 2.75) is 25.0 Å². The van der Waals surface area contributed by atoms with E-state index in [1.807, 2.05) is 30.5 Å². The number of nitrogens with zero attached hydrogens (tertiary/aromatic N) is 4. The molecule has 0 unspecified atom stereocenters. The van der Waals surface area contributed by atoms with Gasteiger partial charge in [-0.1, -0.05) is 12.1 Å². The summed E-state index contributed by atoms with van der Waals surface area (Å²) >= 11 is 0. The fraction of sp³-hybridized carbons (Fsp3) is 0.348. The maximum Gasteiger partial charge on any atom is 0.253 e. The molecule has 3 N–H and O–H groups in total. The topological polar surface area (TPSA) is 95.6 Å². The summed E-state index contributed by atoms with van der Waals surface area (Å²) in [5, 5.41) is 12.1. The van der Waals surface area contributed by atoms with Crippen molar-refractivity contribution in [2.75, 3.05) is 31.6 Å². The molecular formula is C23H27N5O2. The maximum absolute atomic E-state index is 12.8. The fourth-order valence-corrected chi connectivity index (χ4v) is 4.09. The van der Waals surface area contributed by atoms with E-state index >= 15 is 0 Å². The lowest BCUT2D eigenvalue weighted by atomic mass is 9.90. The number of hydrogen-bond acceptors (Lipinski definition) is 6. The average Bonchev–Trinajstić information content (AvgIpc) is 2.78. The number of likely N-dealkylation sites (N-methyl/N-ethyl adjacent to an activating group) is 1. The van der Waals surface area contributed by atoms with Crippen molar-refractivity contribution in [3.8, 4) is 0 Å². The third-order valence-electron chi connectivity index (χ3n) is 5.87. The van der Waals surface area contributed by atoms with Gasteiger partial charge in [-0.3, -0.25) is 14.8 Å². The third kappa shape index (κ3) is 4.13. The van der Waals surface area contributed by atoms with Gasteiger partial charge in [0.05, 0.1) is 11.1 Å². The minimum Gasteiger partial charge on any atom is -0.388 e. The van der Waals surface area contributed by atoms with Crippen molar-refractivity contribution >= 4 is 22.5 Å². The Labute approximate surface area is 176 Å². The van der Waals surface area contributed by atoms with Crippen LogP contribution in [0.5, 0.6) is 0 Å². The van der Waals surface area contributed by atoms with Crippen LogP contribution in [0.3, 0.4) is 0 Å². The maximum atomic E-state index is 12.8. The Bertz CT molecular complexity index is 1020. The van der Waals surface area contributed by atoms with Crippen LogP contribution in [0.4, 0.5) is 5.69 Å². The van der Waals surface area contributed by atoms with Crippen LogP contribution in [0.25, 0.3) is 10.9 Å². The van der Waals surface area contributed by atoms with Crippen molar-refractivity contribution in [3.05, 3.63) is 66.1 Å². The zero-order chi connectivity index (χ0) is 21.1. The van der Waals surface area contributed by atoms with Gasteiger partial charge in [0.1, 0.15) is 0 Å². The quantitative estimate of drug-likeness (QED) is 0.676. The Morgan fingerprint density at radius 2 is 1.90 bits per heavy atom. The Balaban J connectivity index is 1.41. The molecule has 4 rings (SSSR count). The van der Waals surface area contributed by atoms with Crippen LogP contribution in [0.1, 0.15) is 28.8 Å². The van der Waals surface area contributed by atoms with Crippen LogP contribution < -0.4 is 10.6 Å². The first-order valence-corrected chi connectivity index (χ1v) is 10.2. The normalized spacial score (nSPS) is 15.9. The molecule has 30 heavy (non-hydrogen) atoms. The molecule has 7 nitrogen and oxygen atoms in total. The smallest absolute Gasteiger partial charge is 0.253 e. The lowest BCUT2D eigenvalue weighted by Gasteiger charge is -2.41. The van der Waals surface area contributed by atoms with E-state index in [9.17, 15) is 9.90 Å². The van der Waals surface area contributed by atoms with Gasteiger partial charge >= 0.3 is 0 Å². The summed E-state index contributed by atoms with van der Waals surface area (Å²) < 4.78 is 0. The van der Waals surface area contributed by atoms with Gasteiger partial charge in [-0.25, -0.2) is 0 Å².